The Bertz CT molecular complexity index is 243. The van der Waals surface area contributed by atoms with Crippen LogP contribution in [0.25, 0.3) is 0 Å². The highest BCUT2D eigenvalue weighted by Gasteiger charge is 2.31. The molecule has 0 bridgehead atoms. The van der Waals surface area contributed by atoms with E-state index in [9.17, 15) is 0 Å². The Morgan fingerprint density at radius 3 is 2.56 bits per heavy atom. The van der Waals surface area contributed by atoms with Crippen LogP contribution in [0.4, 0.5) is 0 Å². The Morgan fingerprint density at radius 2 is 1.89 bits per heavy atom. The van der Waals surface area contributed by atoms with Gasteiger partial charge in [-0.1, -0.05) is 27.2 Å². The molecule has 1 aliphatic heterocycles. The fourth-order valence-electron chi connectivity index (χ4n) is 3.84. The average Bonchev–Trinajstić information content (AvgIpc) is 2.33. The summed E-state index contributed by atoms with van der Waals surface area (Å²) in [7, 11) is 0. The van der Waals surface area contributed by atoms with Gasteiger partial charge in [-0.25, -0.2) is 0 Å². The molecule has 2 unspecified atom stereocenters. The highest BCUT2D eigenvalue weighted by Crippen LogP contribution is 2.38. The number of rotatable bonds is 4. The largest absolute Gasteiger partial charge is 0.312 e. The Hall–Kier alpha value is -0.0800. The molecule has 1 heterocycles. The van der Waals surface area contributed by atoms with Crippen molar-refractivity contribution in [2.24, 2.45) is 11.3 Å². The maximum atomic E-state index is 3.81. The third-order valence-corrected chi connectivity index (χ3v) is 4.98. The second kappa shape index (κ2) is 6.38. The Labute approximate surface area is 114 Å². The van der Waals surface area contributed by atoms with Crippen molar-refractivity contribution in [1.29, 1.82) is 0 Å². The van der Waals surface area contributed by atoms with Crippen molar-refractivity contribution in [2.75, 3.05) is 26.2 Å². The van der Waals surface area contributed by atoms with E-state index in [1.807, 2.05) is 0 Å². The fourth-order valence-corrected chi connectivity index (χ4v) is 3.84. The van der Waals surface area contributed by atoms with Gasteiger partial charge < -0.3 is 10.2 Å². The second-order valence-electron chi connectivity index (χ2n) is 7.35. The standard InChI is InChI=1S/C16H32N2/c1-14-13-16(2,3)8-7-15(14)17-9-12-18-10-5-4-6-11-18/h14-15,17H,4-13H2,1-3H3. The van der Waals surface area contributed by atoms with E-state index in [2.05, 4.69) is 31.0 Å². The molecule has 0 aromatic carbocycles. The molecular weight excluding hydrogens is 220 g/mol. The first-order chi connectivity index (χ1) is 8.57. The number of hydrogen-bond donors (Lipinski definition) is 1. The van der Waals surface area contributed by atoms with Gasteiger partial charge in [0.15, 0.2) is 0 Å². The lowest BCUT2D eigenvalue weighted by atomic mass is 9.70. The van der Waals surface area contributed by atoms with Gasteiger partial charge >= 0.3 is 0 Å². The highest BCUT2D eigenvalue weighted by atomic mass is 15.1. The first kappa shape index (κ1) is 14.3. The summed E-state index contributed by atoms with van der Waals surface area (Å²) in [6.07, 6.45) is 8.40. The fraction of sp³-hybridized carbons (Fsp3) is 1.00. The molecule has 2 rings (SSSR count). The number of piperidine rings is 1. The third kappa shape index (κ3) is 4.24. The molecule has 1 saturated carbocycles. The molecule has 0 amide bonds. The van der Waals surface area contributed by atoms with E-state index in [0.29, 0.717) is 5.41 Å². The van der Waals surface area contributed by atoms with Gasteiger partial charge in [0.25, 0.3) is 0 Å². The Kier molecular flexibility index (Phi) is 5.08. The summed E-state index contributed by atoms with van der Waals surface area (Å²) in [6, 6.07) is 0.766. The molecule has 18 heavy (non-hydrogen) atoms. The molecule has 1 N–H and O–H groups in total. The first-order valence-corrected chi connectivity index (χ1v) is 8.03. The molecule has 1 saturated heterocycles. The number of nitrogens with one attached hydrogen (secondary N) is 1. The van der Waals surface area contributed by atoms with Crippen molar-refractivity contribution in [3.05, 3.63) is 0 Å². The Morgan fingerprint density at radius 1 is 1.17 bits per heavy atom. The molecule has 2 fully saturated rings. The van der Waals surface area contributed by atoms with Gasteiger partial charge in [-0.2, -0.15) is 0 Å². The van der Waals surface area contributed by atoms with Crippen LogP contribution in [0.15, 0.2) is 0 Å². The van der Waals surface area contributed by atoms with Crippen molar-refractivity contribution >= 4 is 0 Å². The summed E-state index contributed by atoms with van der Waals surface area (Å²) in [5.74, 6) is 0.843. The van der Waals surface area contributed by atoms with Crippen molar-refractivity contribution < 1.29 is 0 Å². The molecule has 2 atom stereocenters. The quantitative estimate of drug-likeness (QED) is 0.826. The highest BCUT2D eigenvalue weighted by molar-refractivity contribution is 4.86. The smallest absolute Gasteiger partial charge is 0.0107 e. The molecule has 2 heteroatoms. The van der Waals surface area contributed by atoms with Gasteiger partial charge in [-0.05, 0) is 56.5 Å². The van der Waals surface area contributed by atoms with Gasteiger partial charge in [0.1, 0.15) is 0 Å². The molecule has 2 aliphatic rings. The van der Waals surface area contributed by atoms with E-state index in [4.69, 9.17) is 0 Å². The number of nitrogens with zero attached hydrogens (tertiary/aromatic N) is 1. The summed E-state index contributed by atoms with van der Waals surface area (Å²) in [4.78, 5) is 2.63. The summed E-state index contributed by atoms with van der Waals surface area (Å²) >= 11 is 0. The van der Waals surface area contributed by atoms with Crippen molar-refractivity contribution in [3.8, 4) is 0 Å². The molecular formula is C16H32N2. The predicted octanol–water partition coefficient (Wildman–Crippen LogP) is 3.28. The van der Waals surface area contributed by atoms with Crippen LogP contribution in [-0.2, 0) is 0 Å². The third-order valence-electron chi connectivity index (χ3n) is 4.98. The van der Waals surface area contributed by atoms with Crippen LogP contribution in [0.2, 0.25) is 0 Å². The zero-order valence-electron chi connectivity index (χ0n) is 12.7. The monoisotopic (exact) mass is 252 g/mol. The molecule has 0 spiro atoms. The molecule has 0 aromatic heterocycles. The van der Waals surface area contributed by atoms with Gasteiger partial charge in [0, 0.05) is 19.1 Å². The van der Waals surface area contributed by atoms with Gasteiger partial charge in [0.05, 0.1) is 0 Å². The van der Waals surface area contributed by atoms with Crippen LogP contribution in [-0.4, -0.2) is 37.1 Å². The number of hydrogen-bond acceptors (Lipinski definition) is 2. The molecule has 1 aliphatic carbocycles. The van der Waals surface area contributed by atoms with Crippen LogP contribution in [0, 0.1) is 11.3 Å². The summed E-state index contributed by atoms with van der Waals surface area (Å²) in [6.45, 7) is 12.4. The second-order valence-corrected chi connectivity index (χ2v) is 7.35. The van der Waals surface area contributed by atoms with Crippen LogP contribution < -0.4 is 5.32 Å². The normalized spacial score (nSPS) is 33.5. The topological polar surface area (TPSA) is 15.3 Å². The Balaban J connectivity index is 1.64. The lowest BCUT2D eigenvalue weighted by Crippen LogP contribution is -2.45. The van der Waals surface area contributed by atoms with Crippen molar-refractivity contribution in [2.45, 2.75) is 65.3 Å². The van der Waals surface area contributed by atoms with E-state index < -0.39 is 0 Å². The number of likely N-dealkylation sites (tertiary alicyclic amines) is 1. The van der Waals surface area contributed by atoms with E-state index in [0.717, 1.165) is 12.0 Å². The lowest BCUT2D eigenvalue weighted by Gasteiger charge is -2.40. The SMILES string of the molecule is CC1CC(C)(C)CCC1NCCN1CCCCC1. The minimum atomic E-state index is 0.574. The average molecular weight is 252 g/mol. The minimum absolute atomic E-state index is 0.574. The van der Waals surface area contributed by atoms with Crippen LogP contribution >= 0.6 is 0 Å². The van der Waals surface area contributed by atoms with Crippen molar-refractivity contribution in [1.82, 2.24) is 10.2 Å². The lowest BCUT2D eigenvalue weighted by molar-refractivity contribution is 0.143. The summed E-state index contributed by atoms with van der Waals surface area (Å²) < 4.78 is 0. The summed E-state index contributed by atoms with van der Waals surface area (Å²) in [5, 5.41) is 3.81. The van der Waals surface area contributed by atoms with Crippen molar-refractivity contribution in [3.63, 3.8) is 0 Å². The zero-order valence-corrected chi connectivity index (χ0v) is 12.7. The van der Waals surface area contributed by atoms with E-state index >= 15 is 0 Å². The van der Waals surface area contributed by atoms with Gasteiger partial charge in [0.2, 0.25) is 0 Å². The zero-order chi connectivity index (χ0) is 13.0. The first-order valence-electron chi connectivity index (χ1n) is 8.03. The maximum absolute atomic E-state index is 3.81. The van der Waals surface area contributed by atoms with E-state index in [-0.39, 0.29) is 0 Å². The van der Waals surface area contributed by atoms with Crippen LogP contribution in [0.5, 0.6) is 0 Å². The maximum Gasteiger partial charge on any atom is 0.0107 e. The van der Waals surface area contributed by atoms with Crippen LogP contribution in [0.3, 0.4) is 0 Å². The minimum Gasteiger partial charge on any atom is -0.312 e. The predicted molar refractivity (Wildman–Crippen MR) is 78.9 cm³/mol. The van der Waals surface area contributed by atoms with Gasteiger partial charge in [-0.3, -0.25) is 0 Å². The molecule has 0 radical (unpaired) electrons. The summed E-state index contributed by atoms with van der Waals surface area (Å²) in [5.41, 5.74) is 0.574. The molecule has 106 valence electrons. The van der Waals surface area contributed by atoms with Crippen LogP contribution in [0.1, 0.15) is 59.3 Å². The van der Waals surface area contributed by atoms with E-state index in [1.54, 1.807) is 0 Å². The van der Waals surface area contributed by atoms with E-state index in [1.165, 1.54) is 64.7 Å². The molecule has 0 aromatic rings. The van der Waals surface area contributed by atoms with Gasteiger partial charge in [-0.15, -0.1) is 0 Å². The molecule has 2 nitrogen and oxygen atoms in total.